The number of likely N-dealkylation sites (N-methyl/N-ethyl adjacent to an activating group) is 1. The van der Waals surface area contributed by atoms with Gasteiger partial charge in [0.25, 0.3) is 0 Å². The van der Waals surface area contributed by atoms with E-state index >= 15 is 0 Å². The smallest absolute Gasteiger partial charge is 0.239 e. The van der Waals surface area contributed by atoms with E-state index in [4.69, 9.17) is 5.73 Å². The first-order valence-corrected chi connectivity index (χ1v) is 7.72. The first-order valence-electron chi connectivity index (χ1n) is 7.72. The van der Waals surface area contributed by atoms with Gasteiger partial charge < -0.3 is 15.5 Å². The molecule has 0 spiro atoms. The molecule has 0 aliphatic heterocycles. The quantitative estimate of drug-likeness (QED) is 0.660. The zero-order valence-corrected chi connectivity index (χ0v) is 13.5. The third-order valence-corrected chi connectivity index (χ3v) is 3.53. The van der Waals surface area contributed by atoms with Crippen LogP contribution in [0.1, 0.15) is 47.5 Å². The Bertz CT molecular complexity index is 240. The first kappa shape index (κ1) is 18.4. The van der Waals surface area contributed by atoms with Crippen LogP contribution >= 0.6 is 0 Å². The average Bonchev–Trinajstić information content (AvgIpc) is 2.37. The van der Waals surface area contributed by atoms with Gasteiger partial charge in [-0.05, 0) is 45.3 Å². The SMILES string of the molecule is CCN(CC)CCCN(CC)C(=O)[C@H](N)CC(C)C. The lowest BCUT2D eigenvalue weighted by Gasteiger charge is -2.26. The predicted octanol–water partition coefficient (Wildman–Crippen LogP) is 1.94. The zero-order valence-electron chi connectivity index (χ0n) is 13.5. The summed E-state index contributed by atoms with van der Waals surface area (Å²) in [6.45, 7) is 15.3. The molecule has 1 amide bonds. The van der Waals surface area contributed by atoms with Crippen LogP contribution in [0.2, 0.25) is 0 Å². The Morgan fingerprint density at radius 1 is 1.05 bits per heavy atom. The molecule has 2 N–H and O–H groups in total. The molecule has 0 aromatic heterocycles. The molecule has 0 saturated carbocycles. The molecular formula is C15H33N3O. The Hall–Kier alpha value is -0.610. The maximum absolute atomic E-state index is 12.2. The summed E-state index contributed by atoms with van der Waals surface area (Å²) in [5, 5.41) is 0. The lowest BCUT2D eigenvalue weighted by molar-refractivity contribution is -0.132. The maximum Gasteiger partial charge on any atom is 0.239 e. The second-order valence-electron chi connectivity index (χ2n) is 5.53. The molecule has 4 heteroatoms. The van der Waals surface area contributed by atoms with Crippen molar-refractivity contribution < 1.29 is 4.79 Å². The van der Waals surface area contributed by atoms with Crippen molar-refractivity contribution in [2.24, 2.45) is 11.7 Å². The number of amides is 1. The molecule has 114 valence electrons. The summed E-state index contributed by atoms with van der Waals surface area (Å²) in [7, 11) is 0. The molecule has 1 atom stereocenters. The van der Waals surface area contributed by atoms with Crippen LogP contribution in [0.4, 0.5) is 0 Å². The third-order valence-electron chi connectivity index (χ3n) is 3.53. The predicted molar refractivity (Wildman–Crippen MR) is 82.1 cm³/mol. The molecule has 0 bridgehead atoms. The van der Waals surface area contributed by atoms with Gasteiger partial charge in [-0.3, -0.25) is 4.79 Å². The van der Waals surface area contributed by atoms with Crippen molar-refractivity contribution in [2.45, 2.75) is 53.5 Å². The topological polar surface area (TPSA) is 49.6 Å². The van der Waals surface area contributed by atoms with Crippen LogP contribution in [-0.2, 0) is 4.79 Å². The fourth-order valence-electron chi connectivity index (χ4n) is 2.29. The molecule has 0 aliphatic rings. The van der Waals surface area contributed by atoms with Crippen molar-refractivity contribution in [2.75, 3.05) is 32.7 Å². The van der Waals surface area contributed by atoms with Gasteiger partial charge in [-0.1, -0.05) is 27.7 Å². The van der Waals surface area contributed by atoms with Crippen molar-refractivity contribution in [1.29, 1.82) is 0 Å². The Labute approximate surface area is 119 Å². The Kier molecular flexibility index (Phi) is 9.88. The van der Waals surface area contributed by atoms with Crippen molar-refractivity contribution >= 4 is 5.91 Å². The number of rotatable bonds is 10. The molecule has 0 fully saturated rings. The molecule has 0 unspecified atom stereocenters. The first-order chi connectivity index (χ1) is 8.96. The highest BCUT2D eigenvalue weighted by molar-refractivity contribution is 5.81. The summed E-state index contributed by atoms with van der Waals surface area (Å²) in [5.74, 6) is 0.573. The van der Waals surface area contributed by atoms with Crippen molar-refractivity contribution in [3.8, 4) is 0 Å². The Morgan fingerprint density at radius 3 is 2.05 bits per heavy atom. The van der Waals surface area contributed by atoms with E-state index in [0.29, 0.717) is 5.92 Å². The minimum absolute atomic E-state index is 0.107. The van der Waals surface area contributed by atoms with Crippen LogP contribution in [-0.4, -0.2) is 54.5 Å². The number of carbonyl (C=O) groups is 1. The molecule has 0 rings (SSSR count). The van der Waals surface area contributed by atoms with Crippen LogP contribution in [0.5, 0.6) is 0 Å². The molecule has 0 aliphatic carbocycles. The van der Waals surface area contributed by atoms with E-state index in [1.165, 1.54) is 0 Å². The van der Waals surface area contributed by atoms with E-state index in [2.05, 4.69) is 32.6 Å². The fourth-order valence-corrected chi connectivity index (χ4v) is 2.29. The summed E-state index contributed by atoms with van der Waals surface area (Å²) in [6.07, 6.45) is 1.79. The van der Waals surface area contributed by atoms with E-state index in [9.17, 15) is 4.79 Å². The largest absolute Gasteiger partial charge is 0.342 e. The van der Waals surface area contributed by atoms with E-state index < -0.39 is 0 Å². The summed E-state index contributed by atoms with van der Waals surface area (Å²) in [6, 6.07) is -0.339. The highest BCUT2D eigenvalue weighted by atomic mass is 16.2. The van der Waals surface area contributed by atoms with Gasteiger partial charge in [-0.25, -0.2) is 0 Å². The van der Waals surface area contributed by atoms with Crippen molar-refractivity contribution in [3.63, 3.8) is 0 Å². The number of hydrogen-bond acceptors (Lipinski definition) is 3. The lowest BCUT2D eigenvalue weighted by Crippen LogP contribution is -2.45. The number of nitrogens with two attached hydrogens (primary N) is 1. The molecule has 4 nitrogen and oxygen atoms in total. The fraction of sp³-hybridized carbons (Fsp3) is 0.933. The lowest BCUT2D eigenvalue weighted by atomic mass is 10.0. The van der Waals surface area contributed by atoms with Gasteiger partial charge in [0.15, 0.2) is 0 Å². The van der Waals surface area contributed by atoms with Gasteiger partial charge in [-0.15, -0.1) is 0 Å². The van der Waals surface area contributed by atoms with Crippen molar-refractivity contribution in [1.82, 2.24) is 9.80 Å². The van der Waals surface area contributed by atoms with Gasteiger partial charge in [0.1, 0.15) is 0 Å². The number of carbonyl (C=O) groups excluding carboxylic acids is 1. The van der Waals surface area contributed by atoms with E-state index in [1.807, 2.05) is 11.8 Å². The summed E-state index contributed by atoms with van der Waals surface area (Å²) < 4.78 is 0. The van der Waals surface area contributed by atoms with E-state index in [0.717, 1.165) is 45.6 Å². The van der Waals surface area contributed by atoms with E-state index in [-0.39, 0.29) is 11.9 Å². The molecule has 19 heavy (non-hydrogen) atoms. The molecule has 0 saturated heterocycles. The second kappa shape index (κ2) is 10.2. The maximum atomic E-state index is 12.2. The Balaban J connectivity index is 4.15. The highest BCUT2D eigenvalue weighted by Crippen LogP contribution is 2.06. The standard InChI is InChI=1S/C15H33N3O/c1-6-17(7-2)10-9-11-18(8-3)15(19)14(16)12-13(4)5/h13-14H,6-12,16H2,1-5H3/t14-/m1/s1. The second-order valence-corrected chi connectivity index (χ2v) is 5.53. The van der Waals surface area contributed by atoms with Crippen LogP contribution in [0.25, 0.3) is 0 Å². The molecule has 0 radical (unpaired) electrons. The van der Waals surface area contributed by atoms with Gasteiger partial charge in [0.05, 0.1) is 6.04 Å². The highest BCUT2D eigenvalue weighted by Gasteiger charge is 2.20. The molecule has 0 aromatic rings. The summed E-state index contributed by atoms with van der Waals surface area (Å²) >= 11 is 0. The van der Waals surface area contributed by atoms with Crippen molar-refractivity contribution in [3.05, 3.63) is 0 Å². The summed E-state index contributed by atoms with van der Waals surface area (Å²) in [4.78, 5) is 16.5. The molecule has 0 heterocycles. The van der Waals surface area contributed by atoms with Gasteiger partial charge in [0, 0.05) is 13.1 Å². The summed E-state index contributed by atoms with van der Waals surface area (Å²) in [5.41, 5.74) is 5.98. The van der Waals surface area contributed by atoms with E-state index in [1.54, 1.807) is 0 Å². The number of hydrogen-bond donors (Lipinski definition) is 1. The zero-order chi connectivity index (χ0) is 14.8. The average molecular weight is 271 g/mol. The van der Waals surface area contributed by atoms with Gasteiger partial charge in [0.2, 0.25) is 5.91 Å². The molecule has 0 aromatic carbocycles. The monoisotopic (exact) mass is 271 g/mol. The number of nitrogens with zero attached hydrogens (tertiary/aromatic N) is 2. The molecular weight excluding hydrogens is 238 g/mol. The van der Waals surface area contributed by atoms with Crippen LogP contribution in [0.3, 0.4) is 0 Å². The third kappa shape index (κ3) is 7.53. The van der Waals surface area contributed by atoms with Gasteiger partial charge in [-0.2, -0.15) is 0 Å². The van der Waals surface area contributed by atoms with Crippen LogP contribution in [0.15, 0.2) is 0 Å². The minimum atomic E-state index is -0.339. The van der Waals surface area contributed by atoms with Gasteiger partial charge >= 0.3 is 0 Å². The van der Waals surface area contributed by atoms with Crippen LogP contribution in [0, 0.1) is 5.92 Å². The normalized spacial score (nSPS) is 13.1. The Morgan fingerprint density at radius 2 is 1.63 bits per heavy atom. The minimum Gasteiger partial charge on any atom is -0.342 e. The van der Waals surface area contributed by atoms with Crippen LogP contribution < -0.4 is 5.73 Å².